The van der Waals surface area contributed by atoms with Gasteiger partial charge in [-0.2, -0.15) is 0 Å². The van der Waals surface area contributed by atoms with E-state index in [1.54, 1.807) is 6.07 Å². The molecule has 1 atom stereocenters. The minimum absolute atomic E-state index is 0.0544. The van der Waals surface area contributed by atoms with Gasteiger partial charge in [-0.25, -0.2) is 4.39 Å². The number of halogens is 2. The second-order valence-corrected chi connectivity index (χ2v) is 5.78. The number of nitrogens with zero attached hydrogens (tertiary/aromatic N) is 1. The summed E-state index contributed by atoms with van der Waals surface area (Å²) in [6.45, 7) is 4.58. The molecule has 106 valence electrons. The van der Waals surface area contributed by atoms with Crippen molar-refractivity contribution < 1.29 is 4.39 Å². The molecule has 0 amide bonds. The molecule has 0 saturated heterocycles. The molecule has 1 aromatic carbocycles. The van der Waals surface area contributed by atoms with Crippen molar-refractivity contribution in [2.75, 3.05) is 19.6 Å². The third-order valence-electron chi connectivity index (χ3n) is 4.06. The Morgan fingerprint density at radius 1 is 1.42 bits per heavy atom. The fraction of sp³-hybridized carbons (Fsp3) is 0.600. The Bertz CT molecular complexity index is 400. The fourth-order valence-corrected chi connectivity index (χ4v) is 2.98. The van der Waals surface area contributed by atoms with Crippen molar-refractivity contribution in [3.05, 3.63) is 34.6 Å². The molecule has 1 aliphatic rings. The molecule has 0 bridgehead atoms. The molecule has 1 fully saturated rings. The van der Waals surface area contributed by atoms with Gasteiger partial charge in [-0.3, -0.25) is 4.90 Å². The van der Waals surface area contributed by atoms with Crippen LogP contribution >= 0.6 is 11.6 Å². The maximum absolute atomic E-state index is 13.5. The van der Waals surface area contributed by atoms with Crippen LogP contribution in [0.4, 0.5) is 4.39 Å². The van der Waals surface area contributed by atoms with E-state index in [0.717, 1.165) is 24.6 Å². The Morgan fingerprint density at radius 2 is 2.16 bits per heavy atom. The highest BCUT2D eigenvalue weighted by atomic mass is 35.5. The lowest BCUT2D eigenvalue weighted by Crippen LogP contribution is -2.38. The van der Waals surface area contributed by atoms with Crippen molar-refractivity contribution in [2.45, 2.75) is 32.2 Å². The Balaban J connectivity index is 2.15. The van der Waals surface area contributed by atoms with Crippen LogP contribution in [0.5, 0.6) is 0 Å². The van der Waals surface area contributed by atoms with Crippen molar-refractivity contribution in [2.24, 2.45) is 11.7 Å². The SMILES string of the molecule is CCN(CC1CCC1)C(CN)c1cc(F)cc(Cl)c1. The smallest absolute Gasteiger partial charge is 0.125 e. The molecule has 0 radical (unpaired) electrons. The molecule has 1 aliphatic carbocycles. The van der Waals surface area contributed by atoms with Crippen LogP contribution in [0, 0.1) is 11.7 Å². The normalized spacial score (nSPS) is 17.5. The molecule has 19 heavy (non-hydrogen) atoms. The summed E-state index contributed by atoms with van der Waals surface area (Å²) in [5, 5.41) is 0.438. The van der Waals surface area contributed by atoms with Gasteiger partial charge in [0.05, 0.1) is 0 Å². The molecule has 2 nitrogen and oxygen atoms in total. The minimum atomic E-state index is -0.291. The fourth-order valence-electron chi connectivity index (χ4n) is 2.75. The summed E-state index contributed by atoms with van der Waals surface area (Å²) in [4.78, 5) is 2.34. The van der Waals surface area contributed by atoms with Crippen LogP contribution in [0.3, 0.4) is 0 Å². The topological polar surface area (TPSA) is 29.3 Å². The van der Waals surface area contributed by atoms with Gasteiger partial charge in [0.2, 0.25) is 0 Å². The van der Waals surface area contributed by atoms with Crippen molar-refractivity contribution in [1.29, 1.82) is 0 Å². The quantitative estimate of drug-likeness (QED) is 0.865. The molecule has 0 aliphatic heterocycles. The van der Waals surface area contributed by atoms with E-state index in [-0.39, 0.29) is 11.9 Å². The Kier molecular flexibility index (Phi) is 5.20. The first kappa shape index (κ1) is 14.8. The van der Waals surface area contributed by atoms with Gasteiger partial charge in [-0.15, -0.1) is 0 Å². The van der Waals surface area contributed by atoms with E-state index in [1.165, 1.54) is 25.3 Å². The first-order valence-corrected chi connectivity index (χ1v) is 7.42. The van der Waals surface area contributed by atoms with Gasteiger partial charge in [0.1, 0.15) is 5.82 Å². The predicted octanol–water partition coefficient (Wildman–Crippen LogP) is 3.60. The number of hydrogen-bond donors (Lipinski definition) is 1. The second-order valence-electron chi connectivity index (χ2n) is 5.34. The standard InChI is InChI=1S/C15H22ClFN2/c1-2-19(10-11-4-3-5-11)15(9-18)12-6-13(16)8-14(17)7-12/h6-8,11,15H,2-5,9-10,18H2,1H3. The largest absolute Gasteiger partial charge is 0.329 e. The molecule has 1 aromatic rings. The van der Waals surface area contributed by atoms with Gasteiger partial charge in [0.25, 0.3) is 0 Å². The molecule has 4 heteroatoms. The third kappa shape index (κ3) is 3.68. The third-order valence-corrected chi connectivity index (χ3v) is 4.28. The summed E-state index contributed by atoms with van der Waals surface area (Å²) in [6.07, 6.45) is 3.94. The number of rotatable bonds is 6. The van der Waals surface area contributed by atoms with Crippen LogP contribution in [-0.4, -0.2) is 24.5 Å². The molecule has 2 rings (SSSR count). The summed E-state index contributed by atoms with van der Waals surface area (Å²) in [6, 6.07) is 4.76. The van der Waals surface area contributed by atoms with E-state index in [2.05, 4.69) is 11.8 Å². The molecule has 0 heterocycles. The molecule has 2 N–H and O–H groups in total. The predicted molar refractivity (Wildman–Crippen MR) is 77.8 cm³/mol. The van der Waals surface area contributed by atoms with Gasteiger partial charge in [0, 0.05) is 24.2 Å². The van der Waals surface area contributed by atoms with E-state index in [4.69, 9.17) is 17.3 Å². The van der Waals surface area contributed by atoms with Crippen molar-refractivity contribution >= 4 is 11.6 Å². The lowest BCUT2D eigenvalue weighted by molar-refractivity contribution is 0.141. The van der Waals surface area contributed by atoms with Crippen LogP contribution in [0.15, 0.2) is 18.2 Å². The molecular formula is C15H22ClFN2. The van der Waals surface area contributed by atoms with E-state index < -0.39 is 0 Å². The first-order chi connectivity index (χ1) is 9.13. The maximum atomic E-state index is 13.5. The highest BCUT2D eigenvalue weighted by Gasteiger charge is 2.25. The monoisotopic (exact) mass is 284 g/mol. The number of likely N-dealkylation sites (N-methyl/N-ethyl adjacent to an activating group) is 1. The van der Waals surface area contributed by atoms with E-state index in [1.807, 2.05) is 6.07 Å². The average molecular weight is 285 g/mol. The molecule has 0 aromatic heterocycles. The zero-order valence-electron chi connectivity index (χ0n) is 11.4. The average Bonchev–Trinajstić information content (AvgIpc) is 2.30. The molecule has 1 unspecified atom stereocenters. The van der Waals surface area contributed by atoms with Gasteiger partial charge >= 0.3 is 0 Å². The molecular weight excluding hydrogens is 263 g/mol. The van der Waals surface area contributed by atoms with Crippen molar-refractivity contribution in [1.82, 2.24) is 4.90 Å². The molecule has 1 saturated carbocycles. The summed E-state index contributed by atoms with van der Waals surface area (Å²) in [5.41, 5.74) is 6.79. The van der Waals surface area contributed by atoms with Crippen LogP contribution in [0.25, 0.3) is 0 Å². The van der Waals surface area contributed by atoms with Crippen LogP contribution in [0.2, 0.25) is 5.02 Å². The van der Waals surface area contributed by atoms with Gasteiger partial charge in [0.15, 0.2) is 0 Å². The summed E-state index contributed by atoms with van der Waals surface area (Å²) in [5.74, 6) is 0.485. The van der Waals surface area contributed by atoms with E-state index in [9.17, 15) is 4.39 Å². The van der Waals surface area contributed by atoms with Crippen molar-refractivity contribution in [3.8, 4) is 0 Å². The lowest BCUT2D eigenvalue weighted by atomic mass is 9.84. The number of benzene rings is 1. The van der Waals surface area contributed by atoms with Crippen LogP contribution in [0.1, 0.15) is 37.8 Å². The highest BCUT2D eigenvalue weighted by Crippen LogP contribution is 2.31. The van der Waals surface area contributed by atoms with Crippen LogP contribution in [-0.2, 0) is 0 Å². The summed E-state index contributed by atoms with van der Waals surface area (Å²) in [7, 11) is 0. The zero-order chi connectivity index (χ0) is 13.8. The first-order valence-electron chi connectivity index (χ1n) is 7.04. The lowest BCUT2D eigenvalue weighted by Gasteiger charge is -2.36. The number of hydrogen-bond acceptors (Lipinski definition) is 2. The Labute approximate surface area is 119 Å². The summed E-state index contributed by atoms with van der Waals surface area (Å²) < 4.78 is 13.5. The Morgan fingerprint density at radius 3 is 2.63 bits per heavy atom. The Hall–Kier alpha value is -0.640. The van der Waals surface area contributed by atoms with Crippen molar-refractivity contribution in [3.63, 3.8) is 0 Å². The van der Waals surface area contributed by atoms with Gasteiger partial charge in [-0.1, -0.05) is 24.9 Å². The number of nitrogens with two attached hydrogens (primary N) is 1. The van der Waals surface area contributed by atoms with Crippen LogP contribution < -0.4 is 5.73 Å². The maximum Gasteiger partial charge on any atom is 0.125 e. The second kappa shape index (κ2) is 6.69. The minimum Gasteiger partial charge on any atom is -0.329 e. The van der Waals surface area contributed by atoms with E-state index >= 15 is 0 Å². The summed E-state index contributed by atoms with van der Waals surface area (Å²) >= 11 is 5.94. The van der Waals surface area contributed by atoms with Gasteiger partial charge in [-0.05, 0) is 49.1 Å². The molecule has 0 spiro atoms. The highest BCUT2D eigenvalue weighted by molar-refractivity contribution is 6.30. The van der Waals surface area contributed by atoms with E-state index in [0.29, 0.717) is 11.6 Å². The van der Waals surface area contributed by atoms with Gasteiger partial charge < -0.3 is 5.73 Å². The zero-order valence-corrected chi connectivity index (χ0v) is 12.2.